The Morgan fingerprint density at radius 1 is 1.40 bits per heavy atom. The van der Waals surface area contributed by atoms with E-state index in [2.05, 4.69) is 4.90 Å². The first-order chi connectivity index (χ1) is 6.97. The third-order valence-corrected chi connectivity index (χ3v) is 3.32. The highest BCUT2D eigenvalue weighted by molar-refractivity contribution is 5.73. The van der Waals surface area contributed by atoms with Gasteiger partial charge >= 0.3 is 5.97 Å². The molecule has 0 aliphatic carbocycles. The molecule has 0 aromatic heterocycles. The van der Waals surface area contributed by atoms with Crippen LogP contribution in [0.3, 0.4) is 0 Å². The molecule has 4 heteroatoms. The number of hydrogen-bond donors (Lipinski definition) is 1. The second-order valence-corrected chi connectivity index (χ2v) is 5.34. The van der Waals surface area contributed by atoms with Gasteiger partial charge in [0.15, 0.2) is 0 Å². The van der Waals surface area contributed by atoms with Gasteiger partial charge in [-0.2, -0.15) is 0 Å². The van der Waals surface area contributed by atoms with Crippen LogP contribution in [-0.4, -0.2) is 47.8 Å². The Bertz CT molecular complexity index is 253. The summed E-state index contributed by atoms with van der Waals surface area (Å²) in [5, 5.41) is 9.06. The fraction of sp³-hybridized carbons (Fsp3) is 0.909. The largest absolute Gasteiger partial charge is 0.481 e. The summed E-state index contributed by atoms with van der Waals surface area (Å²) in [4.78, 5) is 13.3. The molecule has 2 bridgehead atoms. The van der Waals surface area contributed by atoms with E-state index in [9.17, 15) is 4.79 Å². The predicted octanol–water partition coefficient (Wildman–Crippen LogP) is 0.960. The Hall–Kier alpha value is -0.610. The number of ether oxygens (including phenoxy) is 1. The summed E-state index contributed by atoms with van der Waals surface area (Å²) in [7, 11) is 0. The van der Waals surface area contributed by atoms with Gasteiger partial charge in [0.2, 0.25) is 0 Å². The minimum absolute atomic E-state index is 0.341. The number of likely N-dealkylation sites (tertiary alicyclic amines) is 1. The van der Waals surface area contributed by atoms with Crippen molar-refractivity contribution in [1.29, 1.82) is 0 Å². The van der Waals surface area contributed by atoms with Gasteiger partial charge in [0, 0.05) is 19.6 Å². The van der Waals surface area contributed by atoms with Crippen molar-refractivity contribution in [3.05, 3.63) is 0 Å². The van der Waals surface area contributed by atoms with E-state index in [0.717, 1.165) is 25.9 Å². The lowest BCUT2D eigenvalue weighted by molar-refractivity contribution is -0.149. The van der Waals surface area contributed by atoms with Crippen LogP contribution in [0.25, 0.3) is 0 Å². The third-order valence-electron chi connectivity index (χ3n) is 3.32. The number of carbonyl (C=O) groups is 1. The summed E-state index contributed by atoms with van der Waals surface area (Å²) in [5.74, 6) is -0.721. The molecule has 0 saturated carbocycles. The number of aliphatic carboxylic acids is 1. The number of morpholine rings is 1. The van der Waals surface area contributed by atoms with Gasteiger partial charge in [0.1, 0.15) is 0 Å². The van der Waals surface area contributed by atoms with E-state index in [4.69, 9.17) is 9.84 Å². The maximum atomic E-state index is 11.0. The number of carboxylic acids is 1. The molecule has 86 valence electrons. The lowest BCUT2D eigenvalue weighted by Crippen LogP contribution is -2.48. The maximum Gasteiger partial charge on any atom is 0.310 e. The molecule has 2 saturated heterocycles. The number of fused-ring (bicyclic) bond motifs is 2. The van der Waals surface area contributed by atoms with Crippen LogP contribution in [0.15, 0.2) is 0 Å². The topological polar surface area (TPSA) is 49.8 Å². The molecule has 2 heterocycles. The quantitative estimate of drug-likeness (QED) is 0.758. The van der Waals surface area contributed by atoms with Gasteiger partial charge in [-0.15, -0.1) is 0 Å². The highest BCUT2D eigenvalue weighted by Crippen LogP contribution is 2.28. The van der Waals surface area contributed by atoms with E-state index < -0.39 is 11.4 Å². The highest BCUT2D eigenvalue weighted by Gasteiger charge is 2.37. The summed E-state index contributed by atoms with van der Waals surface area (Å²) in [6.45, 7) is 5.98. The van der Waals surface area contributed by atoms with Crippen LogP contribution in [0.1, 0.15) is 26.7 Å². The van der Waals surface area contributed by atoms with Crippen molar-refractivity contribution >= 4 is 5.97 Å². The molecule has 0 aromatic carbocycles. The van der Waals surface area contributed by atoms with Crippen LogP contribution in [0, 0.1) is 5.41 Å². The molecular formula is C11H19NO3. The van der Waals surface area contributed by atoms with E-state index in [-0.39, 0.29) is 0 Å². The van der Waals surface area contributed by atoms with Crippen molar-refractivity contribution in [2.24, 2.45) is 5.41 Å². The van der Waals surface area contributed by atoms with Crippen LogP contribution in [-0.2, 0) is 9.53 Å². The molecule has 15 heavy (non-hydrogen) atoms. The summed E-state index contributed by atoms with van der Waals surface area (Å²) >= 11 is 0. The van der Waals surface area contributed by atoms with Crippen molar-refractivity contribution in [3.63, 3.8) is 0 Å². The maximum absolute atomic E-state index is 11.0. The van der Waals surface area contributed by atoms with Crippen LogP contribution in [0.5, 0.6) is 0 Å². The van der Waals surface area contributed by atoms with Gasteiger partial charge in [-0.3, -0.25) is 9.69 Å². The van der Waals surface area contributed by atoms with Crippen molar-refractivity contribution in [1.82, 2.24) is 4.90 Å². The Morgan fingerprint density at radius 2 is 1.93 bits per heavy atom. The van der Waals surface area contributed by atoms with Crippen LogP contribution in [0.2, 0.25) is 0 Å². The number of rotatable bonds is 3. The average molecular weight is 213 g/mol. The van der Waals surface area contributed by atoms with E-state index >= 15 is 0 Å². The summed E-state index contributed by atoms with van der Waals surface area (Å²) < 4.78 is 5.71. The smallest absolute Gasteiger partial charge is 0.310 e. The van der Waals surface area contributed by atoms with E-state index in [1.807, 2.05) is 0 Å². The molecule has 2 fully saturated rings. The molecule has 0 radical (unpaired) electrons. The molecule has 0 spiro atoms. The van der Waals surface area contributed by atoms with Crippen molar-refractivity contribution < 1.29 is 14.6 Å². The molecule has 1 N–H and O–H groups in total. The second-order valence-electron chi connectivity index (χ2n) is 5.34. The Labute approximate surface area is 90.2 Å². The van der Waals surface area contributed by atoms with E-state index in [1.54, 1.807) is 13.8 Å². The van der Waals surface area contributed by atoms with Crippen LogP contribution in [0.4, 0.5) is 0 Å². The lowest BCUT2D eigenvalue weighted by Gasteiger charge is -2.35. The number of nitrogens with zero attached hydrogens (tertiary/aromatic N) is 1. The summed E-state index contributed by atoms with van der Waals surface area (Å²) in [5.41, 5.74) is -0.656. The average Bonchev–Trinajstić information content (AvgIpc) is 2.44. The van der Waals surface area contributed by atoms with E-state index in [1.165, 1.54) is 0 Å². The third kappa shape index (κ3) is 2.32. The molecule has 2 rings (SSSR count). The van der Waals surface area contributed by atoms with Crippen molar-refractivity contribution in [2.75, 3.05) is 19.6 Å². The zero-order valence-electron chi connectivity index (χ0n) is 9.40. The minimum atomic E-state index is -0.721. The SMILES string of the molecule is CC(C)(CN1CC2CCC(C1)O2)C(=O)O. The van der Waals surface area contributed by atoms with Gasteiger partial charge in [0.05, 0.1) is 17.6 Å². The predicted molar refractivity (Wildman–Crippen MR) is 55.8 cm³/mol. The molecule has 0 amide bonds. The first-order valence-corrected chi connectivity index (χ1v) is 5.58. The minimum Gasteiger partial charge on any atom is -0.481 e. The molecule has 2 aliphatic heterocycles. The van der Waals surface area contributed by atoms with Gasteiger partial charge < -0.3 is 9.84 Å². The fourth-order valence-corrected chi connectivity index (χ4v) is 2.45. The van der Waals surface area contributed by atoms with E-state index in [0.29, 0.717) is 18.8 Å². The number of hydrogen-bond acceptors (Lipinski definition) is 3. The Kier molecular flexibility index (Phi) is 2.73. The molecule has 2 atom stereocenters. The normalized spacial score (nSPS) is 31.9. The zero-order valence-corrected chi connectivity index (χ0v) is 9.40. The standard InChI is InChI=1S/C11H19NO3/c1-11(2,10(13)14)7-12-5-8-3-4-9(6-12)15-8/h8-9H,3-7H2,1-2H3,(H,13,14). The van der Waals surface area contributed by atoms with Crippen molar-refractivity contribution in [3.8, 4) is 0 Å². The Morgan fingerprint density at radius 3 is 2.40 bits per heavy atom. The van der Waals surface area contributed by atoms with Gasteiger partial charge in [-0.25, -0.2) is 0 Å². The van der Waals surface area contributed by atoms with Gasteiger partial charge in [-0.1, -0.05) is 0 Å². The van der Waals surface area contributed by atoms with Crippen LogP contribution < -0.4 is 0 Å². The number of carboxylic acid groups (broad SMARTS) is 1. The molecule has 0 aromatic rings. The lowest BCUT2D eigenvalue weighted by atomic mass is 9.93. The summed E-state index contributed by atoms with van der Waals surface area (Å²) in [6.07, 6.45) is 2.95. The fourth-order valence-electron chi connectivity index (χ4n) is 2.45. The highest BCUT2D eigenvalue weighted by atomic mass is 16.5. The van der Waals surface area contributed by atoms with Gasteiger partial charge in [-0.05, 0) is 26.7 Å². The second kappa shape index (κ2) is 3.76. The van der Waals surface area contributed by atoms with Crippen molar-refractivity contribution in [2.45, 2.75) is 38.9 Å². The van der Waals surface area contributed by atoms with Gasteiger partial charge in [0.25, 0.3) is 0 Å². The zero-order chi connectivity index (χ0) is 11.1. The molecule has 2 unspecified atom stereocenters. The molecular weight excluding hydrogens is 194 g/mol. The molecule has 4 nitrogen and oxygen atoms in total. The monoisotopic (exact) mass is 213 g/mol. The first-order valence-electron chi connectivity index (χ1n) is 5.58. The summed E-state index contributed by atoms with van der Waals surface area (Å²) in [6, 6.07) is 0. The molecule has 2 aliphatic rings. The Balaban J connectivity index is 1.93. The van der Waals surface area contributed by atoms with Crippen LogP contribution >= 0.6 is 0 Å². The first kappa shape index (κ1) is 10.9.